The first-order valence-electron chi connectivity index (χ1n) is 6.63. The molecule has 106 valence electrons. The lowest BCUT2D eigenvalue weighted by molar-refractivity contribution is -0.114. The van der Waals surface area contributed by atoms with Gasteiger partial charge in [0.15, 0.2) is 5.11 Å². The van der Waals surface area contributed by atoms with Crippen molar-refractivity contribution in [1.29, 1.82) is 0 Å². The SMILES string of the molecule is CC(=O)Nc1cccc(NC(=S)NN=C2CCCC2)c1. The van der Waals surface area contributed by atoms with Crippen LogP contribution >= 0.6 is 12.2 Å². The van der Waals surface area contributed by atoms with E-state index in [1.54, 1.807) is 0 Å². The van der Waals surface area contributed by atoms with Crippen LogP contribution in [0.5, 0.6) is 0 Å². The summed E-state index contributed by atoms with van der Waals surface area (Å²) in [4.78, 5) is 11.0. The predicted octanol–water partition coefficient (Wildman–Crippen LogP) is 2.86. The molecule has 1 aromatic rings. The molecular weight excluding hydrogens is 272 g/mol. The maximum Gasteiger partial charge on any atom is 0.221 e. The largest absolute Gasteiger partial charge is 0.331 e. The average molecular weight is 290 g/mol. The Kier molecular flexibility index (Phi) is 5.06. The first-order valence-corrected chi connectivity index (χ1v) is 7.04. The van der Waals surface area contributed by atoms with Gasteiger partial charge in [0.25, 0.3) is 0 Å². The summed E-state index contributed by atoms with van der Waals surface area (Å²) < 4.78 is 0. The number of benzene rings is 1. The molecule has 1 amide bonds. The zero-order chi connectivity index (χ0) is 14.4. The molecule has 6 heteroatoms. The van der Waals surface area contributed by atoms with Crippen LogP contribution in [0.15, 0.2) is 29.4 Å². The second-order valence-electron chi connectivity index (χ2n) is 4.71. The molecular formula is C14H18N4OS. The van der Waals surface area contributed by atoms with Gasteiger partial charge < -0.3 is 10.6 Å². The van der Waals surface area contributed by atoms with Gasteiger partial charge in [-0.1, -0.05) is 6.07 Å². The Morgan fingerprint density at radius 3 is 2.50 bits per heavy atom. The third-order valence-electron chi connectivity index (χ3n) is 2.94. The summed E-state index contributed by atoms with van der Waals surface area (Å²) in [5, 5.41) is 10.5. The molecule has 1 aliphatic carbocycles. The normalized spacial score (nSPS) is 13.8. The lowest BCUT2D eigenvalue weighted by Crippen LogP contribution is -2.24. The summed E-state index contributed by atoms with van der Waals surface area (Å²) >= 11 is 5.19. The van der Waals surface area contributed by atoms with Crippen molar-refractivity contribution in [2.75, 3.05) is 10.6 Å². The zero-order valence-electron chi connectivity index (χ0n) is 11.4. The van der Waals surface area contributed by atoms with E-state index in [1.807, 2.05) is 24.3 Å². The number of amides is 1. The summed E-state index contributed by atoms with van der Waals surface area (Å²) in [7, 11) is 0. The molecule has 2 rings (SSSR count). The molecule has 20 heavy (non-hydrogen) atoms. The number of hydrazone groups is 1. The van der Waals surface area contributed by atoms with Crippen molar-refractivity contribution < 1.29 is 4.79 Å². The maximum atomic E-state index is 11.0. The summed E-state index contributed by atoms with van der Waals surface area (Å²) in [6.07, 6.45) is 4.51. The van der Waals surface area contributed by atoms with E-state index in [2.05, 4.69) is 21.2 Å². The van der Waals surface area contributed by atoms with Crippen LogP contribution in [0.1, 0.15) is 32.6 Å². The topological polar surface area (TPSA) is 65.5 Å². The van der Waals surface area contributed by atoms with Gasteiger partial charge in [0.1, 0.15) is 0 Å². The molecule has 0 radical (unpaired) electrons. The lowest BCUT2D eigenvalue weighted by atomic mass is 10.3. The highest BCUT2D eigenvalue weighted by atomic mass is 32.1. The third-order valence-corrected chi connectivity index (χ3v) is 3.13. The first kappa shape index (κ1) is 14.5. The van der Waals surface area contributed by atoms with E-state index >= 15 is 0 Å². The van der Waals surface area contributed by atoms with Crippen LogP contribution in [-0.4, -0.2) is 16.7 Å². The number of nitrogens with zero attached hydrogens (tertiary/aromatic N) is 1. The van der Waals surface area contributed by atoms with Crippen molar-refractivity contribution in [3.63, 3.8) is 0 Å². The smallest absolute Gasteiger partial charge is 0.221 e. The lowest BCUT2D eigenvalue weighted by Gasteiger charge is -2.09. The Balaban J connectivity index is 1.90. The standard InChI is InChI=1S/C14H18N4OS/c1-10(19)15-12-7-4-8-13(9-12)16-14(20)18-17-11-5-2-3-6-11/h4,7-9H,2-3,5-6H2,1H3,(H,15,19)(H2,16,18,20). The van der Waals surface area contributed by atoms with Gasteiger partial charge in [0.2, 0.25) is 5.91 Å². The van der Waals surface area contributed by atoms with Crippen molar-refractivity contribution in [2.45, 2.75) is 32.6 Å². The monoisotopic (exact) mass is 290 g/mol. The number of anilines is 2. The fourth-order valence-electron chi connectivity index (χ4n) is 2.06. The quantitative estimate of drug-likeness (QED) is 0.591. The molecule has 0 heterocycles. The number of hydrogen-bond acceptors (Lipinski definition) is 3. The summed E-state index contributed by atoms with van der Waals surface area (Å²) in [6, 6.07) is 7.36. The number of carbonyl (C=O) groups is 1. The molecule has 1 aliphatic rings. The van der Waals surface area contributed by atoms with Crippen molar-refractivity contribution in [2.24, 2.45) is 5.10 Å². The second kappa shape index (κ2) is 7.00. The number of carbonyl (C=O) groups excluding carboxylic acids is 1. The fourth-order valence-corrected chi connectivity index (χ4v) is 2.23. The van der Waals surface area contributed by atoms with Gasteiger partial charge >= 0.3 is 0 Å². The molecule has 0 aliphatic heterocycles. The minimum atomic E-state index is -0.101. The fraction of sp³-hybridized carbons (Fsp3) is 0.357. The van der Waals surface area contributed by atoms with Gasteiger partial charge in [0.05, 0.1) is 0 Å². The third kappa shape index (κ3) is 4.62. The van der Waals surface area contributed by atoms with E-state index in [4.69, 9.17) is 12.2 Å². The van der Waals surface area contributed by atoms with E-state index in [9.17, 15) is 4.79 Å². The van der Waals surface area contributed by atoms with Gasteiger partial charge in [-0.15, -0.1) is 0 Å². The summed E-state index contributed by atoms with van der Waals surface area (Å²) in [6.45, 7) is 1.48. The van der Waals surface area contributed by atoms with E-state index in [0.717, 1.165) is 24.2 Å². The van der Waals surface area contributed by atoms with Crippen LogP contribution in [-0.2, 0) is 4.79 Å². The van der Waals surface area contributed by atoms with Crippen molar-refractivity contribution in [1.82, 2.24) is 5.43 Å². The zero-order valence-corrected chi connectivity index (χ0v) is 12.2. The van der Waals surface area contributed by atoms with E-state index < -0.39 is 0 Å². The minimum absolute atomic E-state index is 0.101. The van der Waals surface area contributed by atoms with Crippen LogP contribution in [0.3, 0.4) is 0 Å². The molecule has 0 bridgehead atoms. The number of hydrogen-bond donors (Lipinski definition) is 3. The molecule has 0 atom stereocenters. The van der Waals surface area contributed by atoms with Gasteiger partial charge in [-0.25, -0.2) is 0 Å². The summed E-state index contributed by atoms with van der Waals surface area (Å²) in [5.74, 6) is -0.101. The minimum Gasteiger partial charge on any atom is -0.331 e. The number of rotatable bonds is 3. The van der Waals surface area contributed by atoms with Gasteiger partial charge in [-0.05, 0) is 56.1 Å². The summed E-state index contributed by atoms with van der Waals surface area (Å²) in [5.41, 5.74) is 5.56. The van der Waals surface area contributed by atoms with E-state index in [-0.39, 0.29) is 5.91 Å². The highest BCUT2D eigenvalue weighted by Crippen LogP contribution is 2.15. The van der Waals surface area contributed by atoms with E-state index in [0.29, 0.717) is 5.11 Å². The highest BCUT2D eigenvalue weighted by Gasteiger charge is 2.08. The average Bonchev–Trinajstić information content (AvgIpc) is 2.89. The molecule has 0 saturated heterocycles. The molecule has 1 aromatic carbocycles. The van der Waals surface area contributed by atoms with Crippen molar-refractivity contribution >= 4 is 40.3 Å². The molecule has 1 saturated carbocycles. The van der Waals surface area contributed by atoms with Crippen LogP contribution in [0.4, 0.5) is 11.4 Å². The van der Waals surface area contributed by atoms with E-state index in [1.165, 1.54) is 25.5 Å². The maximum absolute atomic E-state index is 11.0. The predicted molar refractivity (Wildman–Crippen MR) is 86.0 cm³/mol. The molecule has 0 unspecified atom stereocenters. The van der Waals surface area contributed by atoms with Crippen LogP contribution < -0.4 is 16.1 Å². The number of nitrogens with one attached hydrogen (secondary N) is 3. The van der Waals surface area contributed by atoms with Crippen LogP contribution in [0, 0.1) is 0 Å². The van der Waals surface area contributed by atoms with Crippen molar-refractivity contribution in [3.8, 4) is 0 Å². The van der Waals surface area contributed by atoms with Crippen LogP contribution in [0.2, 0.25) is 0 Å². The molecule has 0 aromatic heterocycles. The molecule has 5 nitrogen and oxygen atoms in total. The molecule has 1 fully saturated rings. The van der Waals surface area contributed by atoms with Gasteiger partial charge in [0, 0.05) is 24.0 Å². The van der Waals surface area contributed by atoms with Gasteiger partial charge in [-0.3, -0.25) is 10.2 Å². The Morgan fingerprint density at radius 1 is 1.20 bits per heavy atom. The Hall–Kier alpha value is -1.95. The first-order chi connectivity index (χ1) is 9.63. The Labute approximate surface area is 123 Å². The molecule has 0 spiro atoms. The van der Waals surface area contributed by atoms with Crippen LogP contribution in [0.25, 0.3) is 0 Å². The highest BCUT2D eigenvalue weighted by molar-refractivity contribution is 7.80. The second-order valence-corrected chi connectivity index (χ2v) is 5.12. The Morgan fingerprint density at radius 2 is 1.85 bits per heavy atom. The van der Waals surface area contributed by atoms with Crippen molar-refractivity contribution in [3.05, 3.63) is 24.3 Å². The number of thiocarbonyl (C=S) groups is 1. The molecule has 3 N–H and O–H groups in total. The van der Waals surface area contributed by atoms with Gasteiger partial charge in [-0.2, -0.15) is 5.10 Å². The Bertz CT molecular complexity index is 534.